The van der Waals surface area contributed by atoms with Gasteiger partial charge in [0, 0.05) is 31.5 Å². The van der Waals surface area contributed by atoms with Crippen molar-refractivity contribution in [2.45, 2.75) is 32.6 Å². The minimum atomic E-state index is -0.227. The summed E-state index contributed by atoms with van der Waals surface area (Å²) in [6, 6.07) is 0. The summed E-state index contributed by atoms with van der Waals surface area (Å²) in [7, 11) is 0. The lowest BCUT2D eigenvalue weighted by atomic mass is 9.86. The van der Waals surface area contributed by atoms with Gasteiger partial charge in [-0.15, -0.1) is 0 Å². The van der Waals surface area contributed by atoms with Crippen molar-refractivity contribution in [1.29, 1.82) is 0 Å². The number of amides is 2. The van der Waals surface area contributed by atoms with Gasteiger partial charge < -0.3 is 15.0 Å². The molecule has 0 bridgehead atoms. The molecule has 2 amide bonds. The summed E-state index contributed by atoms with van der Waals surface area (Å²) in [6.45, 7) is 4.62. The molecule has 1 atom stereocenters. The number of hydrogen-bond acceptors (Lipinski definition) is 3. The molecule has 2 fully saturated rings. The smallest absolute Gasteiger partial charge is 0.409 e. The van der Waals surface area contributed by atoms with E-state index in [9.17, 15) is 9.59 Å². The van der Waals surface area contributed by atoms with Crippen LogP contribution in [0.5, 0.6) is 0 Å². The van der Waals surface area contributed by atoms with Crippen molar-refractivity contribution >= 4 is 12.0 Å². The Bertz CT molecular complexity index is 319. The third-order valence-electron chi connectivity index (χ3n) is 3.62. The molecule has 2 aliphatic heterocycles. The summed E-state index contributed by atoms with van der Waals surface area (Å²) >= 11 is 0. The molecule has 2 saturated heterocycles. The lowest BCUT2D eigenvalue weighted by molar-refractivity contribution is -0.119. The van der Waals surface area contributed by atoms with E-state index < -0.39 is 0 Å². The highest BCUT2D eigenvalue weighted by molar-refractivity contribution is 5.79. The van der Waals surface area contributed by atoms with Gasteiger partial charge in [-0.25, -0.2) is 4.79 Å². The van der Waals surface area contributed by atoms with E-state index in [-0.39, 0.29) is 17.4 Å². The fourth-order valence-corrected chi connectivity index (χ4v) is 2.53. The van der Waals surface area contributed by atoms with E-state index in [1.165, 1.54) is 0 Å². The van der Waals surface area contributed by atoms with Crippen LogP contribution in [-0.4, -0.2) is 43.1 Å². The Labute approximate surface area is 101 Å². The van der Waals surface area contributed by atoms with E-state index >= 15 is 0 Å². The number of ether oxygens (including phenoxy) is 1. The van der Waals surface area contributed by atoms with Gasteiger partial charge in [0.2, 0.25) is 5.91 Å². The summed E-state index contributed by atoms with van der Waals surface area (Å²) in [4.78, 5) is 24.7. The van der Waals surface area contributed by atoms with Crippen LogP contribution in [0.1, 0.15) is 32.6 Å². The molecule has 0 aliphatic carbocycles. The van der Waals surface area contributed by atoms with E-state index in [1.807, 2.05) is 0 Å². The first-order valence-electron chi connectivity index (χ1n) is 6.34. The minimum absolute atomic E-state index is 0.0269. The molecular weight excluding hydrogens is 220 g/mol. The molecule has 2 heterocycles. The molecule has 2 rings (SSSR count). The third-order valence-corrected chi connectivity index (χ3v) is 3.62. The lowest BCUT2D eigenvalue weighted by Crippen LogP contribution is -2.33. The fourth-order valence-electron chi connectivity index (χ4n) is 2.53. The highest BCUT2D eigenvalue weighted by Gasteiger charge is 2.45. The van der Waals surface area contributed by atoms with Crippen molar-refractivity contribution in [3.05, 3.63) is 0 Å². The average molecular weight is 240 g/mol. The maximum absolute atomic E-state index is 11.7. The van der Waals surface area contributed by atoms with Crippen molar-refractivity contribution in [3.8, 4) is 0 Å². The number of unbranched alkanes of at least 4 members (excludes halogenated alkanes) is 1. The third kappa shape index (κ3) is 2.70. The molecule has 96 valence electrons. The number of nitrogens with one attached hydrogen (secondary N) is 1. The highest BCUT2D eigenvalue weighted by atomic mass is 16.6. The van der Waals surface area contributed by atoms with Gasteiger partial charge in [0.25, 0.3) is 0 Å². The van der Waals surface area contributed by atoms with Crippen LogP contribution in [0.3, 0.4) is 0 Å². The van der Waals surface area contributed by atoms with Gasteiger partial charge in [0.1, 0.15) is 0 Å². The quantitative estimate of drug-likeness (QED) is 0.752. The van der Waals surface area contributed by atoms with E-state index in [4.69, 9.17) is 4.74 Å². The predicted octanol–water partition coefficient (Wildman–Crippen LogP) is 1.14. The van der Waals surface area contributed by atoms with E-state index in [2.05, 4.69) is 12.2 Å². The Morgan fingerprint density at radius 1 is 1.59 bits per heavy atom. The molecule has 1 N–H and O–H groups in total. The van der Waals surface area contributed by atoms with Crippen molar-refractivity contribution in [2.24, 2.45) is 5.41 Å². The topological polar surface area (TPSA) is 58.6 Å². The van der Waals surface area contributed by atoms with Crippen LogP contribution in [0.2, 0.25) is 0 Å². The van der Waals surface area contributed by atoms with Gasteiger partial charge in [0.15, 0.2) is 0 Å². The monoisotopic (exact) mass is 240 g/mol. The number of likely N-dealkylation sites (tertiary alicyclic amines) is 1. The van der Waals surface area contributed by atoms with Crippen molar-refractivity contribution in [3.63, 3.8) is 0 Å². The van der Waals surface area contributed by atoms with Crippen LogP contribution in [-0.2, 0) is 9.53 Å². The van der Waals surface area contributed by atoms with Crippen LogP contribution in [0.25, 0.3) is 0 Å². The Balaban J connectivity index is 1.81. The highest BCUT2D eigenvalue weighted by Crippen LogP contribution is 2.36. The summed E-state index contributed by atoms with van der Waals surface area (Å²) in [5, 5.41) is 2.85. The molecule has 0 radical (unpaired) electrons. The van der Waals surface area contributed by atoms with Crippen molar-refractivity contribution in [2.75, 3.05) is 26.2 Å². The van der Waals surface area contributed by atoms with E-state index in [0.717, 1.165) is 19.3 Å². The zero-order valence-electron chi connectivity index (χ0n) is 10.3. The van der Waals surface area contributed by atoms with Gasteiger partial charge in [-0.1, -0.05) is 13.3 Å². The van der Waals surface area contributed by atoms with Crippen LogP contribution in [0, 0.1) is 5.41 Å². The predicted molar refractivity (Wildman–Crippen MR) is 62.5 cm³/mol. The van der Waals surface area contributed by atoms with Gasteiger partial charge in [-0.2, -0.15) is 0 Å². The molecule has 2 aliphatic rings. The molecule has 1 unspecified atom stereocenters. The maximum atomic E-state index is 11.7. The molecule has 1 spiro atoms. The zero-order chi connectivity index (χ0) is 12.3. The zero-order valence-corrected chi connectivity index (χ0v) is 10.3. The van der Waals surface area contributed by atoms with Crippen molar-refractivity contribution in [1.82, 2.24) is 10.2 Å². The first kappa shape index (κ1) is 12.2. The Morgan fingerprint density at radius 3 is 3.06 bits per heavy atom. The van der Waals surface area contributed by atoms with Crippen LogP contribution in [0.15, 0.2) is 0 Å². The van der Waals surface area contributed by atoms with Crippen LogP contribution < -0.4 is 5.32 Å². The number of hydrogen-bond donors (Lipinski definition) is 1. The normalized spacial score (nSPS) is 27.6. The SMILES string of the molecule is CCCCOC(=O)N1CCC2(CNC(=O)C2)C1. The molecule has 0 saturated carbocycles. The second-order valence-corrected chi connectivity index (χ2v) is 5.09. The van der Waals surface area contributed by atoms with Crippen LogP contribution in [0.4, 0.5) is 4.79 Å². The minimum Gasteiger partial charge on any atom is -0.449 e. The lowest BCUT2D eigenvalue weighted by Gasteiger charge is -2.21. The van der Waals surface area contributed by atoms with Gasteiger partial charge >= 0.3 is 6.09 Å². The standard InChI is InChI=1S/C12H20N2O3/c1-2-3-6-17-11(16)14-5-4-12(9-14)7-10(15)13-8-12/h2-9H2,1H3,(H,13,15). The summed E-state index contributed by atoms with van der Waals surface area (Å²) in [6.07, 6.45) is 3.15. The molecule has 17 heavy (non-hydrogen) atoms. The molecule has 0 aromatic rings. The molecular formula is C12H20N2O3. The second-order valence-electron chi connectivity index (χ2n) is 5.09. The van der Waals surface area contributed by atoms with Gasteiger partial charge in [0.05, 0.1) is 6.61 Å². The van der Waals surface area contributed by atoms with Gasteiger partial charge in [-0.3, -0.25) is 4.79 Å². The number of carbonyl (C=O) groups is 2. The Kier molecular flexibility index (Phi) is 3.54. The summed E-state index contributed by atoms with van der Waals surface area (Å²) < 4.78 is 5.18. The van der Waals surface area contributed by atoms with E-state index in [0.29, 0.717) is 32.7 Å². The number of carbonyl (C=O) groups excluding carboxylic acids is 2. The first-order chi connectivity index (χ1) is 8.15. The number of nitrogens with zero attached hydrogens (tertiary/aromatic N) is 1. The molecule has 0 aromatic heterocycles. The van der Waals surface area contributed by atoms with Crippen molar-refractivity contribution < 1.29 is 14.3 Å². The Hall–Kier alpha value is -1.26. The molecule has 5 nitrogen and oxygen atoms in total. The first-order valence-corrected chi connectivity index (χ1v) is 6.34. The van der Waals surface area contributed by atoms with E-state index in [1.54, 1.807) is 4.90 Å². The fraction of sp³-hybridized carbons (Fsp3) is 0.833. The molecule has 5 heteroatoms. The second kappa shape index (κ2) is 4.94. The summed E-state index contributed by atoms with van der Waals surface area (Å²) in [5.74, 6) is 0.103. The Morgan fingerprint density at radius 2 is 2.41 bits per heavy atom. The number of rotatable bonds is 3. The average Bonchev–Trinajstić information content (AvgIpc) is 2.87. The molecule has 0 aromatic carbocycles. The largest absolute Gasteiger partial charge is 0.449 e. The van der Waals surface area contributed by atoms with Gasteiger partial charge in [-0.05, 0) is 12.8 Å². The van der Waals surface area contributed by atoms with Crippen LogP contribution >= 0.6 is 0 Å². The summed E-state index contributed by atoms with van der Waals surface area (Å²) in [5.41, 5.74) is -0.0269. The maximum Gasteiger partial charge on any atom is 0.409 e.